The van der Waals surface area contributed by atoms with Crippen molar-refractivity contribution in [1.82, 2.24) is 4.98 Å². The molecule has 3 heteroatoms. The molecule has 0 spiro atoms. The van der Waals surface area contributed by atoms with E-state index in [1.54, 1.807) is 25.4 Å². The molecule has 0 N–H and O–H groups in total. The zero-order valence-electron chi connectivity index (χ0n) is 8.84. The highest BCUT2D eigenvalue weighted by atomic mass is 16.5. The van der Waals surface area contributed by atoms with E-state index in [1.807, 2.05) is 24.3 Å². The van der Waals surface area contributed by atoms with Gasteiger partial charge in [-0.3, -0.25) is 4.98 Å². The smallest absolute Gasteiger partial charge is 0.137 e. The number of ether oxygens (including phenoxy) is 1. The lowest BCUT2D eigenvalue weighted by atomic mass is 10.1. The minimum absolute atomic E-state index is 0.650. The van der Waals surface area contributed by atoms with Gasteiger partial charge in [0.2, 0.25) is 0 Å². The minimum atomic E-state index is 0.650. The molecule has 0 unspecified atom stereocenters. The summed E-state index contributed by atoms with van der Waals surface area (Å²) in [7, 11) is 1.61. The lowest BCUT2D eigenvalue weighted by Gasteiger charge is -2.02. The van der Waals surface area contributed by atoms with Gasteiger partial charge in [0.1, 0.15) is 5.75 Å². The van der Waals surface area contributed by atoms with Crippen LogP contribution in [0.2, 0.25) is 0 Å². The molecule has 0 saturated carbocycles. The maximum Gasteiger partial charge on any atom is 0.137 e. The van der Waals surface area contributed by atoms with Gasteiger partial charge in [0.25, 0.3) is 0 Å². The third-order valence-corrected chi connectivity index (χ3v) is 2.28. The van der Waals surface area contributed by atoms with Crippen LogP contribution in [-0.4, -0.2) is 12.1 Å². The van der Waals surface area contributed by atoms with Gasteiger partial charge in [0.15, 0.2) is 0 Å². The van der Waals surface area contributed by atoms with Gasteiger partial charge < -0.3 is 4.74 Å². The van der Waals surface area contributed by atoms with E-state index < -0.39 is 0 Å². The molecule has 0 aliphatic heterocycles. The SMILES string of the molecule is COc1ccc(-c2ccc(C#N)cc2)nc1. The number of benzene rings is 1. The highest BCUT2D eigenvalue weighted by Crippen LogP contribution is 2.19. The first-order valence-corrected chi connectivity index (χ1v) is 4.84. The molecule has 16 heavy (non-hydrogen) atoms. The summed E-state index contributed by atoms with van der Waals surface area (Å²) in [5.74, 6) is 0.734. The summed E-state index contributed by atoms with van der Waals surface area (Å²) in [6.07, 6.45) is 1.67. The summed E-state index contributed by atoms with van der Waals surface area (Å²) in [5.41, 5.74) is 2.50. The Hall–Kier alpha value is -2.34. The Bertz CT molecular complexity index is 509. The second-order valence-corrected chi connectivity index (χ2v) is 3.27. The van der Waals surface area contributed by atoms with Crippen LogP contribution in [0.5, 0.6) is 5.75 Å². The molecule has 1 heterocycles. The van der Waals surface area contributed by atoms with Crippen LogP contribution < -0.4 is 4.74 Å². The zero-order valence-corrected chi connectivity index (χ0v) is 8.84. The van der Waals surface area contributed by atoms with E-state index in [0.29, 0.717) is 5.56 Å². The summed E-state index contributed by atoms with van der Waals surface area (Å²) < 4.78 is 5.04. The Morgan fingerprint density at radius 2 is 1.88 bits per heavy atom. The molecule has 1 aromatic heterocycles. The number of nitrogens with zero attached hydrogens (tertiary/aromatic N) is 2. The third-order valence-electron chi connectivity index (χ3n) is 2.28. The average Bonchev–Trinajstić information content (AvgIpc) is 2.39. The number of hydrogen-bond acceptors (Lipinski definition) is 3. The lowest BCUT2D eigenvalue weighted by molar-refractivity contribution is 0.413. The molecule has 3 nitrogen and oxygen atoms in total. The second-order valence-electron chi connectivity index (χ2n) is 3.27. The molecule has 78 valence electrons. The maximum absolute atomic E-state index is 8.69. The predicted octanol–water partition coefficient (Wildman–Crippen LogP) is 2.63. The van der Waals surface area contributed by atoms with Crippen molar-refractivity contribution in [3.8, 4) is 23.1 Å². The number of rotatable bonds is 2. The van der Waals surface area contributed by atoms with Crippen LogP contribution in [0.4, 0.5) is 0 Å². The fourth-order valence-corrected chi connectivity index (χ4v) is 1.39. The van der Waals surface area contributed by atoms with Crippen LogP contribution in [0, 0.1) is 11.3 Å². The molecule has 2 rings (SSSR count). The molecule has 0 radical (unpaired) electrons. The molecule has 0 fully saturated rings. The van der Waals surface area contributed by atoms with Crippen molar-refractivity contribution < 1.29 is 4.74 Å². The zero-order chi connectivity index (χ0) is 11.4. The molecular weight excluding hydrogens is 200 g/mol. The van der Waals surface area contributed by atoms with Gasteiger partial charge in [0.05, 0.1) is 30.6 Å². The first-order valence-electron chi connectivity index (χ1n) is 4.84. The molecule has 2 aromatic rings. The van der Waals surface area contributed by atoms with Crippen LogP contribution in [0.3, 0.4) is 0 Å². The molecule has 1 aromatic carbocycles. The quantitative estimate of drug-likeness (QED) is 0.765. The van der Waals surface area contributed by atoms with Crippen molar-refractivity contribution in [2.24, 2.45) is 0 Å². The van der Waals surface area contributed by atoms with Crippen molar-refractivity contribution in [2.45, 2.75) is 0 Å². The van der Waals surface area contributed by atoms with Crippen molar-refractivity contribution in [2.75, 3.05) is 7.11 Å². The molecule has 0 bridgehead atoms. The van der Waals surface area contributed by atoms with Crippen molar-refractivity contribution >= 4 is 0 Å². The average molecular weight is 210 g/mol. The predicted molar refractivity (Wildman–Crippen MR) is 60.9 cm³/mol. The fourth-order valence-electron chi connectivity index (χ4n) is 1.39. The summed E-state index contributed by atoms with van der Waals surface area (Å²) >= 11 is 0. The lowest BCUT2D eigenvalue weighted by Crippen LogP contribution is -1.86. The Labute approximate surface area is 93.9 Å². The summed E-state index contributed by atoms with van der Waals surface area (Å²) in [6, 6.07) is 13.2. The van der Waals surface area contributed by atoms with E-state index in [9.17, 15) is 0 Å². The third kappa shape index (κ3) is 2.01. The number of nitriles is 1. The van der Waals surface area contributed by atoms with Gasteiger partial charge in [-0.1, -0.05) is 12.1 Å². The molecular formula is C13H10N2O. The van der Waals surface area contributed by atoms with Crippen LogP contribution >= 0.6 is 0 Å². The first-order chi connectivity index (χ1) is 7.83. The van der Waals surface area contributed by atoms with E-state index in [4.69, 9.17) is 10.00 Å². The Balaban J connectivity index is 2.32. The molecule has 0 saturated heterocycles. The number of methoxy groups -OCH3 is 1. The van der Waals surface area contributed by atoms with Crippen molar-refractivity contribution in [1.29, 1.82) is 5.26 Å². The largest absolute Gasteiger partial charge is 0.495 e. The van der Waals surface area contributed by atoms with Crippen molar-refractivity contribution in [3.05, 3.63) is 48.2 Å². The van der Waals surface area contributed by atoms with Crippen molar-refractivity contribution in [3.63, 3.8) is 0 Å². The van der Waals surface area contributed by atoms with Gasteiger partial charge >= 0.3 is 0 Å². The van der Waals surface area contributed by atoms with Crippen LogP contribution in [0.25, 0.3) is 11.3 Å². The molecule has 0 amide bonds. The van der Waals surface area contributed by atoms with Gasteiger partial charge in [-0.2, -0.15) is 5.26 Å². The fraction of sp³-hybridized carbons (Fsp3) is 0.0769. The Morgan fingerprint density at radius 3 is 2.38 bits per heavy atom. The van der Waals surface area contributed by atoms with Gasteiger partial charge in [-0.25, -0.2) is 0 Å². The Kier molecular flexibility index (Phi) is 2.84. The number of aromatic nitrogens is 1. The topological polar surface area (TPSA) is 45.9 Å². The standard InChI is InChI=1S/C13H10N2O/c1-16-12-6-7-13(15-9-12)11-4-2-10(8-14)3-5-11/h2-7,9H,1H3. The van der Waals surface area contributed by atoms with E-state index in [0.717, 1.165) is 17.0 Å². The minimum Gasteiger partial charge on any atom is -0.495 e. The summed E-state index contributed by atoms with van der Waals surface area (Å²) in [6.45, 7) is 0. The van der Waals surface area contributed by atoms with Crippen LogP contribution in [0.15, 0.2) is 42.6 Å². The van der Waals surface area contributed by atoms with Gasteiger partial charge in [0, 0.05) is 5.56 Å². The first kappa shape index (κ1) is 10.2. The van der Waals surface area contributed by atoms with Gasteiger partial charge in [-0.15, -0.1) is 0 Å². The summed E-state index contributed by atoms with van der Waals surface area (Å²) in [4.78, 5) is 4.27. The normalized spacial score (nSPS) is 9.50. The Morgan fingerprint density at radius 1 is 1.12 bits per heavy atom. The van der Waals surface area contributed by atoms with Gasteiger partial charge in [-0.05, 0) is 24.3 Å². The van der Waals surface area contributed by atoms with E-state index in [-0.39, 0.29) is 0 Å². The van der Waals surface area contributed by atoms with Crippen LogP contribution in [0.1, 0.15) is 5.56 Å². The molecule has 0 aliphatic rings. The number of hydrogen-bond donors (Lipinski definition) is 0. The van der Waals surface area contributed by atoms with E-state index in [1.165, 1.54) is 0 Å². The maximum atomic E-state index is 8.69. The molecule has 0 aliphatic carbocycles. The monoisotopic (exact) mass is 210 g/mol. The highest BCUT2D eigenvalue weighted by Gasteiger charge is 1.99. The highest BCUT2D eigenvalue weighted by molar-refractivity contribution is 5.60. The van der Waals surface area contributed by atoms with E-state index >= 15 is 0 Å². The number of pyridine rings is 1. The van der Waals surface area contributed by atoms with E-state index in [2.05, 4.69) is 11.1 Å². The second kappa shape index (κ2) is 4.45. The molecule has 0 atom stereocenters. The summed E-state index contributed by atoms with van der Waals surface area (Å²) in [5, 5.41) is 8.69. The van der Waals surface area contributed by atoms with Crippen LogP contribution in [-0.2, 0) is 0 Å².